The van der Waals surface area contributed by atoms with Crippen LogP contribution >= 0.6 is 11.3 Å². The van der Waals surface area contributed by atoms with Crippen LogP contribution in [0.25, 0.3) is 0 Å². The predicted molar refractivity (Wildman–Crippen MR) is 83.4 cm³/mol. The first-order chi connectivity index (χ1) is 8.65. The number of hydrogen-bond donors (Lipinski definition) is 1. The summed E-state index contributed by atoms with van der Waals surface area (Å²) in [5, 5.41) is 5.43. The van der Waals surface area contributed by atoms with E-state index < -0.39 is 14.6 Å². The molecule has 0 saturated heterocycles. The van der Waals surface area contributed by atoms with Gasteiger partial charge in [-0.3, -0.25) is 0 Å². The Morgan fingerprint density at radius 3 is 2.37 bits per heavy atom. The molecule has 0 amide bonds. The van der Waals surface area contributed by atoms with E-state index in [4.69, 9.17) is 0 Å². The van der Waals surface area contributed by atoms with Crippen LogP contribution in [-0.2, 0) is 9.84 Å². The van der Waals surface area contributed by atoms with Crippen LogP contribution in [0, 0.1) is 5.92 Å². The van der Waals surface area contributed by atoms with Gasteiger partial charge in [-0.05, 0) is 38.1 Å². The molecule has 19 heavy (non-hydrogen) atoms. The minimum atomic E-state index is -3.05. The number of rotatable bonds is 6. The fourth-order valence-electron chi connectivity index (χ4n) is 1.79. The summed E-state index contributed by atoms with van der Waals surface area (Å²) in [6.45, 7) is 10.1. The molecule has 0 aliphatic heterocycles. The lowest BCUT2D eigenvalue weighted by molar-refractivity contribution is 0.426. The average molecular weight is 303 g/mol. The highest BCUT2D eigenvalue weighted by Crippen LogP contribution is 2.25. The molecule has 0 bridgehead atoms. The molecule has 0 aliphatic carbocycles. The smallest absolute Gasteiger partial charge is 0.156 e. The van der Waals surface area contributed by atoms with Crippen molar-refractivity contribution in [2.45, 2.75) is 45.4 Å². The molecule has 1 aromatic rings. The highest BCUT2D eigenvalue weighted by Gasteiger charge is 2.28. The van der Waals surface area contributed by atoms with Crippen LogP contribution in [0.2, 0.25) is 0 Å². The third-order valence-electron chi connectivity index (χ3n) is 3.18. The maximum atomic E-state index is 12.1. The van der Waals surface area contributed by atoms with Crippen LogP contribution < -0.4 is 5.32 Å². The van der Waals surface area contributed by atoms with Gasteiger partial charge in [0.2, 0.25) is 0 Å². The van der Waals surface area contributed by atoms with Crippen molar-refractivity contribution in [2.24, 2.45) is 5.92 Å². The molecule has 0 radical (unpaired) electrons. The Morgan fingerprint density at radius 1 is 1.32 bits per heavy atom. The summed E-state index contributed by atoms with van der Waals surface area (Å²) in [5.41, 5.74) is 0. The van der Waals surface area contributed by atoms with Crippen LogP contribution in [-0.4, -0.2) is 25.5 Å². The Hall–Kier alpha value is -0.390. The van der Waals surface area contributed by atoms with Crippen LogP contribution in [0.15, 0.2) is 17.5 Å². The first-order valence-corrected chi connectivity index (χ1v) is 9.17. The first-order valence-electron chi connectivity index (χ1n) is 6.64. The van der Waals surface area contributed by atoms with Crippen LogP contribution in [0.1, 0.15) is 45.5 Å². The standard InChI is InChI=1S/C14H25NO2S2/c1-11(2)13(12-7-6-9-18-12)15-8-10-19(16,17)14(3,4)5/h6-7,9,11,13,15H,8,10H2,1-5H3. The lowest BCUT2D eigenvalue weighted by Crippen LogP contribution is -2.36. The van der Waals surface area contributed by atoms with Gasteiger partial charge in [-0.15, -0.1) is 11.3 Å². The molecule has 0 aliphatic rings. The van der Waals surface area contributed by atoms with E-state index in [0.29, 0.717) is 12.5 Å². The molecule has 3 nitrogen and oxygen atoms in total. The molecule has 110 valence electrons. The van der Waals surface area contributed by atoms with Crippen molar-refractivity contribution < 1.29 is 8.42 Å². The predicted octanol–water partition coefficient (Wildman–Crippen LogP) is 3.25. The Bertz CT molecular complexity index is 470. The first kappa shape index (κ1) is 16.7. The van der Waals surface area contributed by atoms with E-state index in [9.17, 15) is 8.42 Å². The molecule has 1 unspecified atom stereocenters. The van der Waals surface area contributed by atoms with E-state index in [2.05, 4.69) is 30.6 Å². The van der Waals surface area contributed by atoms with Crippen molar-refractivity contribution in [1.29, 1.82) is 0 Å². The molecule has 1 rings (SSSR count). The molecule has 1 heterocycles. The highest BCUT2D eigenvalue weighted by molar-refractivity contribution is 7.92. The van der Waals surface area contributed by atoms with Gasteiger partial charge in [-0.2, -0.15) is 0 Å². The fraction of sp³-hybridized carbons (Fsp3) is 0.714. The van der Waals surface area contributed by atoms with E-state index in [0.717, 1.165) is 0 Å². The average Bonchev–Trinajstić information content (AvgIpc) is 2.75. The molecule has 0 spiro atoms. The van der Waals surface area contributed by atoms with Gasteiger partial charge in [0.25, 0.3) is 0 Å². The zero-order valence-electron chi connectivity index (χ0n) is 12.4. The second-order valence-corrected chi connectivity index (χ2v) is 9.96. The summed E-state index contributed by atoms with van der Waals surface area (Å²) >= 11 is 1.71. The van der Waals surface area contributed by atoms with Gasteiger partial charge in [0.15, 0.2) is 9.84 Å². The molecule has 1 N–H and O–H groups in total. The summed E-state index contributed by atoms with van der Waals surface area (Å²) in [7, 11) is -3.05. The summed E-state index contributed by atoms with van der Waals surface area (Å²) in [4.78, 5) is 1.27. The zero-order chi connectivity index (χ0) is 14.7. The normalized spacial score (nSPS) is 14.8. The van der Waals surface area contributed by atoms with Crippen molar-refractivity contribution >= 4 is 21.2 Å². The molecule has 0 saturated carbocycles. The molecule has 5 heteroatoms. The lowest BCUT2D eigenvalue weighted by atomic mass is 10.0. The van der Waals surface area contributed by atoms with Gasteiger partial charge in [0, 0.05) is 17.5 Å². The topological polar surface area (TPSA) is 46.2 Å². The third kappa shape index (κ3) is 4.58. The molecular weight excluding hydrogens is 278 g/mol. The van der Waals surface area contributed by atoms with E-state index >= 15 is 0 Å². The second-order valence-electron chi connectivity index (χ2n) is 6.12. The zero-order valence-corrected chi connectivity index (χ0v) is 14.1. The van der Waals surface area contributed by atoms with Gasteiger partial charge in [0.1, 0.15) is 0 Å². The minimum Gasteiger partial charge on any atom is -0.308 e. The summed E-state index contributed by atoms with van der Waals surface area (Å²) in [5.74, 6) is 0.626. The van der Waals surface area contributed by atoms with Crippen molar-refractivity contribution in [3.63, 3.8) is 0 Å². The van der Waals surface area contributed by atoms with Gasteiger partial charge in [0.05, 0.1) is 10.5 Å². The van der Waals surface area contributed by atoms with Crippen LogP contribution in [0.3, 0.4) is 0 Å². The molecular formula is C14H25NO2S2. The fourth-order valence-corrected chi connectivity index (χ4v) is 3.76. The van der Waals surface area contributed by atoms with Gasteiger partial charge in [-0.1, -0.05) is 19.9 Å². The number of hydrogen-bond acceptors (Lipinski definition) is 4. The second kappa shape index (κ2) is 6.37. The van der Waals surface area contributed by atoms with Crippen molar-refractivity contribution in [3.05, 3.63) is 22.4 Å². The largest absolute Gasteiger partial charge is 0.308 e. The highest BCUT2D eigenvalue weighted by atomic mass is 32.2. The maximum Gasteiger partial charge on any atom is 0.156 e. The molecule has 1 aromatic heterocycles. The molecule has 1 atom stereocenters. The number of thiophene rings is 1. The van der Waals surface area contributed by atoms with Crippen molar-refractivity contribution in [3.8, 4) is 0 Å². The van der Waals surface area contributed by atoms with Crippen molar-refractivity contribution in [1.82, 2.24) is 5.32 Å². The van der Waals surface area contributed by atoms with Gasteiger partial charge in [-0.25, -0.2) is 8.42 Å². The third-order valence-corrected chi connectivity index (χ3v) is 6.75. The Kier molecular flexibility index (Phi) is 5.59. The SMILES string of the molecule is CC(C)C(NCCS(=O)(=O)C(C)(C)C)c1cccs1. The number of sulfone groups is 1. The van der Waals surface area contributed by atoms with Crippen molar-refractivity contribution in [2.75, 3.05) is 12.3 Å². The van der Waals surface area contributed by atoms with Crippen LogP contribution in [0.5, 0.6) is 0 Å². The van der Waals surface area contributed by atoms with E-state index in [1.165, 1.54) is 4.88 Å². The Labute approximate surface area is 121 Å². The summed E-state index contributed by atoms with van der Waals surface area (Å²) < 4.78 is 23.4. The lowest BCUT2D eigenvalue weighted by Gasteiger charge is -2.23. The van der Waals surface area contributed by atoms with Gasteiger partial charge >= 0.3 is 0 Å². The van der Waals surface area contributed by atoms with E-state index in [-0.39, 0.29) is 11.8 Å². The molecule has 0 aromatic carbocycles. The summed E-state index contributed by atoms with van der Waals surface area (Å²) in [6.07, 6.45) is 0. The Balaban J connectivity index is 2.61. The number of nitrogens with one attached hydrogen (secondary N) is 1. The van der Waals surface area contributed by atoms with E-state index in [1.54, 1.807) is 32.1 Å². The minimum absolute atomic E-state index is 0.186. The van der Waals surface area contributed by atoms with Crippen LogP contribution in [0.4, 0.5) is 0 Å². The quantitative estimate of drug-likeness (QED) is 0.877. The Morgan fingerprint density at radius 2 is 1.95 bits per heavy atom. The van der Waals surface area contributed by atoms with E-state index in [1.807, 2.05) is 6.07 Å². The van der Waals surface area contributed by atoms with Gasteiger partial charge < -0.3 is 5.32 Å². The molecule has 0 fully saturated rings. The maximum absolute atomic E-state index is 12.1. The summed E-state index contributed by atoms with van der Waals surface area (Å²) in [6, 6.07) is 4.36. The monoisotopic (exact) mass is 303 g/mol.